The summed E-state index contributed by atoms with van der Waals surface area (Å²) in [6.45, 7) is 11.1. The average molecular weight is 667 g/mol. The van der Waals surface area contributed by atoms with Crippen molar-refractivity contribution in [3.63, 3.8) is 0 Å². The van der Waals surface area contributed by atoms with Crippen molar-refractivity contribution in [3.05, 3.63) is 82.2 Å². The lowest BCUT2D eigenvalue weighted by Gasteiger charge is -2.18. The molecule has 0 fully saturated rings. The predicted molar refractivity (Wildman–Crippen MR) is 200 cm³/mol. The maximum atomic E-state index is 14.3. The molecule has 2 aromatic carbocycles. The quantitative estimate of drug-likeness (QED) is 0.0937. The third-order valence-electron chi connectivity index (χ3n) is 9.11. The third-order valence-corrected chi connectivity index (χ3v) is 11.4. The highest BCUT2D eigenvalue weighted by Gasteiger charge is 2.42. The maximum Gasteiger partial charge on any atom is 0.259 e. The zero-order chi connectivity index (χ0) is 32.9. The lowest BCUT2D eigenvalue weighted by molar-refractivity contribution is -0.114. The Morgan fingerprint density at radius 1 is 0.596 bits per heavy atom. The number of aryl methyl sites for hydroxylation is 2. The molecule has 246 valence electrons. The van der Waals surface area contributed by atoms with Crippen LogP contribution in [0.15, 0.2) is 60.7 Å². The number of rotatable bonds is 15. The molecule has 2 aliphatic rings. The lowest BCUT2D eigenvalue weighted by Crippen LogP contribution is -2.30. The number of fused-ring (bicyclic) bond motifs is 2. The van der Waals surface area contributed by atoms with E-state index in [9.17, 15) is 9.59 Å². The Balaban J connectivity index is 1.29. The van der Waals surface area contributed by atoms with Crippen molar-refractivity contribution in [2.24, 2.45) is 0 Å². The highest BCUT2D eigenvalue weighted by atomic mass is 32.1. The molecule has 0 saturated heterocycles. The number of carbonyl (C=O) groups excluding carboxylic acids is 2. The molecule has 0 bridgehead atoms. The summed E-state index contributed by atoms with van der Waals surface area (Å²) in [6.07, 6.45) is 8.70. The number of nitrogens with zero attached hydrogens (tertiary/aromatic N) is 2. The molecule has 2 aliphatic heterocycles. The summed E-state index contributed by atoms with van der Waals surface area (Å²) >= 11 is 3.59. The zero-order valence-electron chi connectivity index (χ0n) is 28.2. The van der Waals surface area contributed by atoms with E-state index < -0.39 is 0 Å². The zero-order valence-corrected chi connectivity index (χ0v) is 29.8. The van der Waals surface area contributed by atoms with E-state index in [4.69, 9.17) is 4.74 Å². The van der Waals surface area contributed by atoms with Crippen LogP contribution in [0.1, 0.15) is 86.8 Å². The van der Waals surface area contributed by atoms with Gasteiger partial charge in [0, 0.05) is 56.9 Å². The van der Waals surface area contributed by atoms with Crippen molar-refractivity contribution in [2.75, 3.05) is 36.1 Å². The van der Waals surface area contributed by atoms with Crippen LogP contribution in [-0.2, 0) is 14.3 Å². The summed E-state index contributed by atoms with van der Waals surface area (Å²) in [6, 6.07) is 21.2. The minimum Gasteiger partial charge on any atom is -0.381 e. The maximum absolute atomic E-state index is 14.3. The normalized spacial score (nSPS) is 15.7. The monoisotopic (exact) mass is 666 g/mol. The number of unbranched alkanes of at least 4 members (excludes halogenated alkanes) is 5. The molecule has 0 spiro atoms. The van der Waals surface area contributed by atoms with Crippen LogP contribution in [0.5, 0.6) is 0 Å². The molecule has 0 N–H and O–H groups in total. The molecule has 0 unspecified atom stereocenters. The molecule has 47 heavy (non-hydrogen) atoms. The Bertz CT molecular complexity index is 1780. The molecule has 2 aromatic heterocycles. The van der Waals surface area contributed by atoms with E-state index >= 15 is 0 Å². The molecule has 5 nitrogen and oxygen atoms in total. The van der Waals surface area contributed by atoms with Crippen LogP contribution >= 0.6 is 22.7 Å². The van der Waals surface area contributed by atoms with E-state index in [0.29, 0.717) is 30.8 Å². The number of hydrogen-bond acceptors (Lipinski definition) is 5. The highest BCUT2D eigenvalue weighted by Crippen LogP contribution is 2.48. The molecular weight excluding hydrogens is 621 g/mol. The Kier molecular flexibility index (Phi) is 10.8. The molecule has 2 amide bonds. The van der Waals surface area contributed by atoms with Crippen LogP contribution in [0.4, 0.5) is 11.4 Å². The number of thiophene rings is 2. The fourth-order valence-electron chi connectivity index (χ4n) is 6.59. The number of anilines is 2. The molecule has 4 aromatic rings. The molecular formula is C40H46N2O3S2. The van der Waals surface area contributed by atoms with Crippen LogP contribution in [0.25, 0.3) is 31.3 Å². The fraction of sp³-hybridized carbons (Fsp3) is 0.400. The Labute approximate surface area is 287 Å². The summed E-state index contributed by atoms with van der Waals surface area (Å²) in [5, 5.41) is 0. The van der Waals surface area contributed by atoms with Gasteiger partial charge in [0.15, 0.2) is 0 Å². The summed E-state index contributed by atoms with van der Waals surface area (Å²) in [5.74, 6) is -0.162. The molecule has 0 aliphatic carbocycles. The topological polar surface area (TPSA) is 49.9 Å². The number of hydrogen-bond donors (Lipinski definition) is 0. The smallest absolute Gasteiger partial charge is 0.259 e. The van der Waals surface area contributed by atoms with Gasteiger partial charge in [0.25, 0.3) is 11.8 Å². The van der Waals surface area contributed by atoms with Gasteiger partial charge >= 0.3 is 0 Å². The average Bonchev–Trinajstić information content (AvgIpc) is 3.84. The summed E-state index contributed by atoms with van der Waals surface area (Å²) < 4.78 is 5.93. The standard InChI is InChI=1S/C40H46N2O3S2/c1-5-7-9-10-11-23-45-24-12-22-42-32-25-27(3)13-16-30(32)37(40(42)44)38-31-17-15-29(26-33(31)41(39(38)43)21-8-6-2)34-19-20-36(47-34)35-18-14-28(4)46-35/h13-20,25-26H,5-12,21-24H2,1-4H3/b38-37+. The van der Waals surface area contributed by atoms with Gasteiger partial charge < -0.3 is 14.5 Å². The van der Waals surface area contributed by atoms with Gasteiger partial charge in [0.05, 0.1) is 22.5 Å². The van der Waals surface area contributed by atoms with Crippen molar-refractivity contribution in [1.29, 1.82) is 0 Å². The van der Waals surface area contributed by atoms with Crippen LogP contribution in [0.3, 0.4) is 0 Å². The van der Waals surface area contributed by atoms with Crippen LogP contribution < -0.4 is 9.80 Å². The first kappa shape index (κ1) is 33.4. The Morgan fingerprint density at radius 2 is 1.19 bits per heavy atom. The van der Waals surface area contributed by atoms with E-state index in [0.717, 1.165) is 65.9 Å². The van der Waals surface area contributed by atoms with Gasteiger partial charge in [-0.2, -0.15) is 0 Å². The second-order valence-corrected chi connectivity index (χ2v) is 15.1. The minimum absolute atomic E-state index is 0.0744. The molecule has 0 saturated carbocycles. The van der Waals surface area contributed by atoms with E-state index in [-0.39, 0.29) is 11.8 Å². The van der Waals surface area contributed by atoms with Gasteiger partial charge in [-0.05, 0) is 80.6 Å². The first-order chi connectivity index (χ1) is 22.9. The number of carbonyl (C=O) groups is 2. The van der Waals surface area contributed by atoms with Gasteiger partial charge in [0.2, 0.25) is 0 Å². The second kappa shape index (κ2) is 15.1. The lowest BCUT2D eigenvalue weighted by atomic mass is 9.95. The van der Waals surface area contributed by atoms with E-state index in [2.05, 4.69) is 76.2 Å². The largest absolute Gasteiger partial charge is 0.381 e. The Hall–Kier alpha value is -3.52. The summed E-state index contributed by atoms with van der Waals surface area (Å²) in [4.78, 5) is 37.4. The van der Waals surface area contributed by atoms with Gasteiger partial charge in [-0.1, -0.05) is 70.2 Å². The fourth-order valence-corrected chi connectivity index (χ4v) is 8.55. The van der Waals surface area contributed by atoms with Crippen LogP contribution in [0.2, 0.25) is 0 Å². The summed E-state index contributed by atoms with van der Waals surface area (Å²) in [5.41, 5.74) is 6.74. The minimum atomic E-state index is -0.0879. The van der Waals surface area contributed by atoms with Gasteiger partial charge in [-0.3, -0.25) is 9.59 Å². The van der Waals surface area contributed by atoms with Gasteiger partial charge in [-0.25, -0.2) is 0 Å². The third kappa shape index (κ3) is 7.03. The predicted octanol–water partition coefficient (Wildman–Crippen LogP) is 10.5. The molecule has 6 rings (SSSR count). The molecule has 4 heterocycles. The SMILES string of the molecule is CCCCCCCOCCCN1C(=O)/C(=C2/C(=O)N(CCCC)c3cc(-c4ccc(-c5ccc(C)s5)s4)ccc32)c2ccc(C)cc21. The first-order valence-corrected chi connectivity index (χ1v) is 18.9. The molecule has 7 heteroatoms. The highest BCUT2D eigenvalue weighted by molar-refractivity contribution is 7.23. The van der Waals surface area contributed by atoms with Crippen molar-refractivity contribution in [2.45, 2.75) is 79.1 Å². The summed E-state index contributed by atoms with van der Waals surface area (Å²) in [7, 11) is 0. The van der Waals surface area contributed by atoms with Crippen molar-refractivity contribution < 1.29 is 14.3 Å². The molecule has 0 atom stereocenters. The number of ether oxygens (including phenoxy) is 1. The van der Waals surface area contributed by atoms with Crippen molar-refractivity contribution in [1.82, 2.24) is 0 Å². The second-order valence-electron chi connectivity index (χ2n) is 12.7. The first-order valence-electron chi connectivity index (χ1n) is 17.3. The van der Waals surface area contributed by atoms with Gasteiger partial charge in [0.1, 0.15) is 0 Å². The number of benzene rings is 2. The Morgan fingerprint density at radius 3 is 1.89 bits per heavy atom. The van der Waals surface area contributed by atoms with Crippen LogP contribution in [0, 0.1) is 13.8 Å². The van der Waals surface area contributed by atoms with E-state index in [1.54, 1.807) is 11.3 Å². The van der Waals surface area contributed by atoms with E-state index in [1.165, 1.54) is 45.2 Å². The van der Waals surface area contributed by atoms with Crippen LogP contribution in [-0.4, -0.2) is 38.1 Å². The van der Waals surface area contributed by atoms with E-state index in [1.807, 2.05) is 33.3 Å². The van der Waals surface area contributed by atoms with Gasteiger partial charge in [-0.15, -0.1) is 22.7 Å². The molecule has 0 radical (unpaired) electrons. The van der Waals surface area contributed by atoms with Crippen molar-refractivity contribution >= 4 is 57.0 Å². The number of amides is 2. The van der Waals surface area contributed by atoms with Crippen molar-refractivity contribution in [3.8, 4) is 20.2 Å².